The third kappa shape index (κ3) is 3.80. The van der Waals surface area contributed by atoms with E-state index in [0.29, 0.717) is 13.1 Å². The van der Waals surface area contributed by atoms with E-state index in [-0.39, 0.29) is 21.8 Å². The van der Waals surface area contributed by atoms with Crippen LogP contribution in [0.25, 0.3) is 20.9 Å². The van der Waals surface area contributed by atoms with Crippen LogP contribution in [0.2, 0.25) is 0 Å². The first kappa shape index (κ1) is 22.6. The van der Waals surface area contributed by atoms with Crippen molar-refractivity contribution < 1.29 is 9.90 Å². The summed E-state index contributed by atoms with van der Waals surface area (Å²) in [5, 5.41) is 17.0. The van der Waals surface area contributed by atoms with Crippen LogP contribution in [-0.4, -0.2) is 29.1 Å². The van der Waals surface area contributed by atoms with Gasteiger partial charge in [-0.25, -0.2) is 4.79 Å². The fourth-order valence-electron chi connectivity index (χ4n) is 5.34. The van der Waals surface area contributed by atoms with Gasteiger partial charge in [-0.3, -0.25) is 4.98 Å². The lowest BCUT2D eigenvalue weighted by Crippen LogP contribution is -2.41. The first-order chi connectivity index (χ1) is 15.7. The van der Waals surface area contributed by atoms with Crippen LogP contribution < -0.4 is 0 Å². The van der Waals surface area contributed by atoms with Gasteiger partial charge in [0.1, 0.15) is 0 Å². The molecule has 1 fully saturated rings. The second-order valence-electron chi connectivity index (χ2n) is 9.93. The highest BCUT2D eigenvalue weighted by atomic mass is 16.4. The first-order valence-electron chi connectivity index (χ1n) is 11.1. The van der Waals surface area contributed by atoms with Gasteiger partial charge < -0.3 is 5.11 Å². The molecule has 2 aliphatic carbocycles. The van der Waals surface area contributed by atoms with Gasteiger partial charge in [0.25, 0.3) is 0 Å². The van der Waals surface area contributed by atoms with Gasteiger partial charge in [-0.1, -0.05) is 36.2 Å². The molecule has 0 amide bonds. The van der Waals surface area contributed by atoms with Crippen LogP contribution in [0.5, 0.6) is 0 Å². The zero-order valence-corrected chi connectivity index (χ0v) is 19.1. The molecule has 0 spiro atoms. The highest BCUT2D eigenvalue weighted by molar-refractivity contribution is 5.87. The zero-order valence-electron chi connectivity index (χ0n) is 19.1. The van der Waals surface area contributed by atoms with E-state index < -0.39 is 5.97 Å². The van der Waals surface area contributed by atoms with Gasteiger partial charge >= 0.3 is 5.97 Å². The van der Waals surface area contributed by atoms with Crippen LogP contribution in [0, 0.1) is 6.92 Å². The molecular weight excluding hydrogens is 418 g/mol. The smallest absolute Gasteiger partial charge is 0.337 e. The predicted molar refractivity (Wildman–Crippen MR) is 124 cm³/mol. The van der Waals surface area contributed by atoms with E-state index in [2.05, 4.69) is 57.9 Å². The summed E-state index contributed by atoms with van der Waals surface area (Å²) in [6, 6.07) is 7.88. The molecule has 33 heavy (non-hydrogen) atoms. The SMILES string of the molecule is Cc1cc2c(cc1C1(c3ccc(C(=O)O)cn3)CC1)C(C)(CN=[N+]=[N-])CCC2(C)CN=[N+]=[N-]. The fourth-order valence-corrected chi connectivity index (χ4v) is 5.34. The summed E-state index contributed by atoms with van der Waals surface area (Å²) in [5.41, 5.74) is 22.7. The normalized spacial score (nSPS) is 24.7. The van der Waals surface area contributed by atoms with E-state index in [9.17, 15) is 9.90 Å². The van der Waals surface area contributed by atoms with Crippen LogP contribution in [-0.2, 0) is 16.2 Å². The number of fused-ring (bicyclic) bond motifs is 1. The maximum absolute atomic E-state index is 11.3. The summed E-state index contributed by atoms with van der Waals surface area (Å²) < 4.78 is 0. The largest absolute Gasteiger partial charge is 0.478 e. The van der Waals surface area contributed by atoms with Gasteiger partial charge in [-0.05, 0) is 88.9 Å². The molecule has 0 bridgehead atoms. The number of aryl methyl sites for hydroxylation is 1. The average Bonchev–Trinajstić information content (AvgIpc) is 3.61. The Morgan fingerprint density at radius 3 is 2.03 bits per heavy atom. The molecule has 2 aromatic rings. The number of aromatic nitrogens is 1. The number of hydrogen-bond donors (Lipinski definition) is 1. The molecule has 2 atom stereocenters. The van der Waals surface area contributed by atoms with Crippen molar-refractivity contribution in [2.24, 2.45) is 10.2 Å². The van der Waals surface area contributed by atoms with E-state index in [1.165, 1.54) is 11.8 Å². The molecule has 0 aliphatic heterocycles. The van der Waals surface area contributed by atoms with Crippen LogP contribution in [0.4, 0.5) is 0 Å². The van der Waals surface area contributed by atoms with Crippen LogP contribution in [0.1, 0.15) is 77.8 Å². The van der Waals surface area contributed by atoms with E-state index in [0.717, 1.165) is 48.1 Å². The number of carboxylic acids is 1. The van der Waals surface area contributed by atoms with Gasteiger partial charge in [0.15, 0.2) is 0 Å². The van der Waals surface area contributed by atoms with Crippen LogP contribution >= 0.6 is 0 Å². The van der Waals surface area contributed by atoms with Crippen molar-refractivity contribution in [1.29, 1.82) is 0 Å². The van der Waals surface area contributed by atoms with E-state index in [1.54, 1.807) is 6.07 Å². The molecule has 2 aliphatic rings. The number of carbonyl (C=O) groups is 1. The molecule has 1 N–H and O–H groups in total. The van der Waals surface area contributed by atoms with Crippen molar-refractivity contribution in [2.45, 2.75) is 62.7 Å². The van der Waals surface area contributed by atoms with Crippen LogP contribution in [0.3, 0.4) is 0 Å². The minimum atomic E-state index is -0.989. The Morgan fingerprint density at radius 1 is 1.00 bits per heavy atom. The highest BCUT2D eigenvalue weighted by Crippen LogP contribution is 2.56. The summed E-state index contributed by atoms with van der Waals surface area (Å²) >= 11 is 0. The van der Waals surface area contributed by atoms with Crippen LogP contribution in [0.15, 0.2) is 40.7 Å². The Kier molecular flexibility index (Phi) is 5.56. The Balaban J connectivity index is 1.87. The number of carboxylic acid groups (broad SMARTS) is 1. The van der Waals surface area contributed by atoms with Crippen molar-refractivity contribution >= 4 is 5.97 Å². The summed E-state index contributed by atoms with van der Waals surface area (Å²) in [6.45, 7) is 7.08. The highest BCUT2D eigenvalue weighted by Gasteiger charge is 2.50. The molecule has 9 nitrogen and oxygen atoms in total. The fraction of sp³-hybridized carbons (Fsp3) is 0.500. The predicted octanol–water partition coefficient (Wildman–Crippen LogP) is 6.10. The maximum atomic E-state index is 11.3. The van der Waals surface area contributed by atoms with Gasteiger partial charge in [-0.2, -0.15) is 0 Å². The number of aromatic carboxylic acids is 1. The Bertz CT molecular complexity index is 1210. The van der Waals surface area contributed by atoms with Crippen molar-refractivity contribution in [2.75, 3.05) is 13.1 Å². The van der Waals surface area contributed by atoms with E-state index >= 15 is 0 Å². The third-order valence-corrected chi connectivity index (χ3v) is 7.63. The molecule has 170 valence electrons. The van der Waals surface area contributed by atoms with Crippen molar-refractivity contribution in [3.8, 4) is 0 Å². The van der Waals surface area contributed by atoms with Gasteiger partial charge in [0.05, 0.1) is 11.3 Å². The van der Waals surface area contributed by atoms with Gasteiger partial charge in [-0.15, -0.1) is 0 Å². The van der Waals surface area contributed by atoms with Crippen molar-refractivity contribution in [1.82, 2.24) is 4.98 Å². The van der Waals surface area contributed by atoms with Crippen molar-refractivity contribution in [3.05, 3.63) is 84.9 Å². The molecule has 0 radical (unpaired) electrons. The molecule has 1 aromatic heterocycles. The zero-order chi connectivity index (χ0) is 23.9. The minimum Gasteiger partial charge on any atom is -0.478 e. The summed E-state index contributed by atoms with van der Waals surface area (Å²) in [6.07, 6.45) is 4.95. The van der Waals surface area contributed by atoms with E-state index in [4.69, 9.17) is 11.1 Å². The quantitative estimate of drug-likeness (QED) is 0.312. The number of rotatable bonds is 7. The monoisotopic (exact) mass is 445 g/mol. The molecule has 9 heteroatoms. The molecule has 1 aromatic carbocycles. The lowest BCUT2D eigenvalue weighted by atomic mass is 9.60. The molecule has 1 saturated carbocycles. The lowest BCUT2D eigenvalue weighted by molar-refractivity contribution is 0.0696. The standard InChI is InChI=1S/C24H27N7O2/c1-15-10-18-19(23(3,14-29-31-26)7-6-22(18,2)13-28-30-25)11-17(15)24(8-9-24)20-5-4-16(12-27-20)21(32)33/h4-5,10-12H,6-9,13-14H2,1-3H3,(H,32,33). The first-order valence-corrected chi connectivity index (χ1v) is 11.1. The van der Waals surface area contributed by atoms with Gasteiger partial charge in [0.2, 0.25) is 0 Å². The molecule has 0 saturated heterocycles. The molecule has 2 unspecified atom stereocenters. The number of nitrogens with zero attached hydrogens (tertiary/aromatic N) is 7. The minimum absolute atomic E-state index is 0.174. The van der Waals surface area contributed by atoms with E-state index in [1.807, 2.05) is 6.07 Å². The average molecular weight is 446 g/mol. The Morgan fingerprint density at radius 2 is 1.58 bits per heavy atom. The number of benzene rings is 1. The summed E-state index contributed by atoms with van der Waals surface area (Å²) in [7, 11) is 0. The maximum Gasteiger partial charge on any atom is 0.337 e. The summed E-state index contributed by atoms with van der Waals surface area (Å²) in [4.78, 5) is 21.8. The molecule has 1 heterocycles. The second kappa shape index (κ2) is 8.10. The Hall–Kier alpha value is -3.54. The lowest BCUT2D eigenvalue weighted by Gasteiger charge is -2.45. The molecule has 4 rings (SSSR count). The van der Waals surface area contributed by atoms with Crippen molar-refractivity contribution in [3.63, 3.8) is 0 Å². The number of pyridine rings is 1. The third-order valence-electron chi connectivity index (χ3n) is 7.63. The second-order valence-corrected chi connectivity index (χ2v) is 9.93. The van der Waals surface area contributed by atoms with Gasteiger partial charge in [0, 0.05) is 34.5 Å². The number of azide groups is 2. The number of hydrogen-bond acceptors (Lipinski definition) is 4. The topological polar surface area (TPSA) is 148 Å². The summed E-state index contributed by atoms with van der Waals surface area (Å²) in [5.74, 6) is -0.989. The Labute approximate surface area is 192 Å². The molecular formula is C24H27N7O2.